The van der Waals surface area contributed by atoms with Crippen molar-refractivity contribution in [2.75, 3.05) is 18.5 Å². The fourth-order valence-corrected chi connectivity index (χ4v) is 2.01. The van der Waals surface area contributed by atoms with Crippen molar-refractivity contribution in [3.63, 3.8) is 0 Å². The zero-order valence-electron chi connectivity index (χ0n) is 11.2. The number of rotatable bonds is 3. The smallest absolute Gasteiger partial charge is 0.319 e. The Kier molecular flexibility index (Phi) is 4.08. The van der Waals surface area contributed by atoms with Crippen LogP contribution in [0, 0.1) is 17.0 Å². The molecule has 8 heteroatoms. The number of carbonyl (C=O) groups is 2. The van der Waals surface area contributed by atoms with E-state index < -0.39 is 40.8 Å². The Morgan fingerprint density at radius 2 is 2.00 bits per heavy atom. The fraction of sp³-hybridized carbons (Fsp3) is 0.385. The summed E-state index contributed by atoms with van der Waals surface area (Å²) in [6, 6.07) is 1.46. The van der Waals surface area contributed by atoms with E-state index in [0.717, 1.165) is 12.1 Å². The topological polar surface area (TPSA) is 87.7 Å². The van der Waals surface area contributed by atoms with E-state index >= 15 is 0 Å². The Labute approximate surface area is 119 Å². The summed E-state index contributed by atoms with van der Waals surface area (Å²) in [6.45, 7) is 1.38. The zero-order chi connectivity index (χ0) is 15.6. The largest absolute Gasteiger partial charge is 0.481 e. The van der Waals surface area contributed by atoms with Gasteiger partial charge in [0.15, 0.2) is 0 Å². The molecule has 6 nitrogen and oxygen atoms in total. The van der Waals surface area contributed by atoms with Gasteiger partial charge in [0.2, 0.25) is 0 Å². The minimum Gasteiger partial charge on any atom is -0.481 e. The van der Waals surface area contributed by atoms with E-state index in [2.05, 4.69) is 5.32 Å². The molecule has 2 rings (SSSR count). The van der Waals surface area contributed by atoms with Crippen LogP contribution >= 0.6 is 0 Å². The number of hydrogen-bond acceptors (Lipinski definition) is 3. The first-order valence-corrected chi connectivity index (χ1v) is 6.17. The molecule has 21 heavy (non-hydrogen) atoms. The number of anilines is 1. The van der Waals surface area contributed by atoms with Gasteiger partial charge in [-0.25, -0.2) is 13.6 Å². The van der Waals surface area contributed by atoms with Gasteiger partial charge in [0.05, 0.1) is 19.3 Å². The third-order valence-electron chi connectivity index (χ3n) is 3.45. The summed E-state index contributed by atoms with van der Waals surface area (Å²) in [5.74, 6) is -2.97. The molecule has 1 heterocycles. The van der Waals surface area contributed by atoms with Crippen LogP contribution in [-0.4, -0.2) is 36.4 Å². The van der Waals surface area contributed by atoms with Crippen molar-refractivity contribution < 1.29 is 28.2 Å². The van der Waals surface area contributed by atoms with Crippen molar-refractivity contribution in [1.29, 1.82) is 0 Å². The van der Waals surface area contributed by atoms with Gasteiger partial charge in [0.1, 0.15) is 22.7 Å². The molecule has 0 aliphatic carbocycles. The maximum Gasteiger partial charge on any atom is 0.319 e. The number of benzene rings is 1. The van der Waals surface area contributed by atoms with Crippen LogP contribution in [0.25, 0.3) is 0 Å². The molecule has 2 unspecified atom stereocenters. The lowest BCUT2D eigenvalue weighted by atomic mass is 9.85. The first-order chi connectivity index (χ1) is 9.84. The van der Waals surface area contributed by atoms with Crippen molar-refractivity contribution in [2.45, 2.75) is 13.0 Å². The van der Waals surface area contributed by atoms with Crippen molar-refractivity contribution in [2.24, 2.45) is 5.41 Å². The minimum atomic E-state index is -1.29. The zero-order valence-corrected chi connectivity index (χ0v) is 11.2. The van der Waals surface area contributed by atoms with Gasteiger partial charge in [-0.05, 0) is 19.1 Å². The molecule has 114 valence electrons. The average Bonchev–Trinajstić information content (AvgIpc) is 2.77. The van der Waals surface area contributed by atoms with Crippen LogP contribution in [0.3, 0.4) is 0 Å². The molecule has 0 spiro atoms. The molecule has 0 bridgehead atoms. The van der Waals surface area contributed by atoms with Crippen LogP contribution in [0.2, 0.25) is 0 Å². The van der Waals surface area contributed by atoms with E-state index in [1.807, 2.05) is 5.32 Å². The lowest BCUT2D eigenvalue weighted by Crippen LogP contribution is -2.50. The van der Waals surface area contributed by atoms with Crippen LogP contribution in [0.5, 0.6) is 0 Å². The van der Waals surface area contributed by atoms with Crippen molar-refractivity contribution in [3.8, 4) is 0 Å². The van der Waals surface area contributed by atoms with Crippen LogP contribution in [0.4, 0.5) is 19.3 Å². The molecule has 1 aliphatic rings. The highest BCUT2D eigenvalue weighted by Crippen LogP contribution is 2.29. The Hall–Kier alpha value is -2.22. The van der Waals surface area contributed by atoms with E-state index in [0.29, 0.717) is 0 Å². The van der Waals surface area contributed by atoms with Crippen LogP contribution < -0.4 is 10.6 Å². The lowest BCUT2D eigenvalue weighted by Gasteiger charge is -2.25. The summed E-state index contributed by atoms with van der Waals surface area (Å²) in [7, 11) is 0. The number of carbonyl (C=O) groups excluding carboxylic acids is 1. The van der Waals surface area contributed by atoms with E-state index in [9.17, 15) is 18.4 Å². The molecule has 0 radical (unpaired) electrons. The van der Waals surface area contributed by atoms with Gasteiger partial charge in [-0.2, -0.15) is 0 Å². The predicted octanol–water partition coefficient (Wildman–Crippen LogP) is 1.58. The molecule has 0 aromatic heterocycles. The maximum atomic E-state index is 13.4. The van der Waals surface area contributed by atoms with E-state index in [-0.39, 0.29) is 13.2 Å². The van der Waals surface area contributed by atoms with Crippen LogP contribution in [0.1, 0.15) is 6.92 Å². The number of nitrogens with one attached hydrogen (secondary N) is 2. The van der Waals surface area contributed by atoms with Gasteiger partial charge < -0.3 is 20.5 Å². The maximum absolute atomic E-state index is 13.4. The van der Waals surface area contributed by atoms with Gasteiger partial charge in [-0.15, -0.1) is 0 Å². The average molecular weight is 300 g/mol. The minimum absolute atomic E-state index is 0.00989. The van der Waals surface area contributed by atoms with Gasteiger partial charge in [0.25, 0.3) is 0 Å². The molecule has 1 aromatic carbocycles. The Morgan fingerprint density at radius 1 is 1.38 bits per heavy atom. The lowest BCUT2D eigenvalue weighted by molar-refractivity contribution is -0.148. The number of para-hydroxylation sites is 1. The summed E-state index contributed by atoms with van der Waals surface area (Å²) in [6.07, 6.45) is 0. The molecular formula is C13H14F2N2O4. The van der Waals surface area contributed by atoms with Gasteiger partial charge >= 0.3 is 12.0 Å². The Morgan fingerprint density at radius 3 is 2.57 bits per heavy atom. The quantitative estimate of drug-likeness (QED) is 0.791. The second kappa shape index (κ2) is 5.65. The van der Waals surface area contributed by atoms with Crippen molar-refractivity contribution >= 4 is 17.7 Å². The predicted molar refractivity (Wildman–Crippen MR) is 68.9 cm³/mol. The third kappa shape index (κ3) is 2.94. The number of amides is 2. The van der Waals surface area contributed by atoms with Crippen LogP contribution in [-0.2, 0) is 9.53 Å². The Balaban J connectivity index is 2.07. The number of carboxylic acids is 1. The third-order valence-corrected chi connectivity index (χ3v) is 3.45. The second-order valence-corrected chi connectivity index (χ2v) is 4.99. The summed E-state index contributed by atoms with van der Waals surface area (Å²) in [4.78, 5) is 23.0. The number of hydrogen-bond donors (Lipinski definition) is 3. The molecule has 1 fully saturated rings. The summed E-state index contributed by atoms with van der Waals surface area (Å²) >= 11 is 0. The molecule has 0 saturated carbocycles. The standard InChI is InChI=1S/C13H14F2N2O4/c1-13(11(18)19)6-21-5-9(13)16-12(20)17-10-7(14)3-2-4-8(10)15/h2-4,9H,5-6H2,1H3,(H,18,19)(H2,16,17,20). The van der Waals surface area contributed by atoms with E-state index in [4.69, 9.17) is 9.84 Å². The Bertz CT molecular complexity index is 561. The van der Waals surface area contributed by atoms with Crippen molar-refractivity contribution in [3.05, 3.63) is 29.8 Å². The molecule has 3 N–H and O–H groups in total. The van der Waals surface area contributed by atoms with Gasteiger partial charge in [0, 0.05) is 0 Å². The summed E-state index contributed by atoms with van der Waals surface area (Å²) < 4.78 is 31.9. The number of halogens is 2. The fourth-order valence-electron chi connectivity index (χ4n) is 2.01. The highest BCUT2D eigenvalue weighted by atomic mass is 19.1. The molecule has 2 atom stereocenters. The second-order valence-electron chi connectivity index (χ2n) is 4.99. The number of urea groups is 1. The first kappa shape index (κ1) is 15.2. The monoisotopic (exact) mass is 300 g/mol. The normalized spacial score (nSPS) is 24.6. The van der Waals surface area contributed by atoms with Gasteiger partial charge in [-0.3, -0.25) is 4.79 Å². The number of aliphatic carboxylic acids is 1. The van der Waals surface area contributed by atoms with Crippen LogP contribution in [0.15, 0.2) is 18.2 Å². The van der Waals surface area contributed by atoms with Crippen molar-refractivity contribution in [1.82, 2.24) is 5.32 Å². The molecule has 1 aliphatic heterocycles. The number of ether oxygens (including phenoxy) is 1. The number of carboxylic acid groups (broad SMARTS) is 1. The molecule has 2 amide bonds. The molecule has 1 saturated heterocycles. The first-order valence-electron chi connectivity index (χ1n) is 6.17. The highest BCUT2D eigenvalue weighted by molar-refractivity contribution is 5.90. The van der Waals surface area contributed by atoms with E-state index in [1.165, 1.54) is 13.0 Å². The SMILES string of the molecule is CC1(C(=O)O)COCC1NC(=O)Nc1c(F)cccc1F. The molecule has 1 aromatic rings. The molecular weight excluding hydrogens is 286 g/mol. The summed E-state index contributed by atoms with van der Waals surface area (Å²) in [5, 5.41) is 13.6. The van der Waals surface area contributed by atoms with Gasteiger partial charge in [-0.1, -0.05) is 6.07 Å². The highest BCUT2D eigenvalue weighted by Gasteiger charge is 2.47. The van der Waals surface area contributed by atoms with E-state index in [1.54, 1.807) is 0 Å². The summed E-state index contributed by atoms with van der Waals surface area (Å²) in [5.41, 5.74) is -1.88.